The van der Waals surface area contributed by atoms with Crippen LogP contribution in [0.3, 0.4) is 0 Å². The van der Waals surface area contributed by atoms with E-state index in [0.717, 1.165) is 36.8 Å². The Labute approximate surface area is 209 Å². The molecule has 1 saturated carbocycles. The molecule has 2 aromatic heterocycles. The number of halogens is 1. The van der Waals surface area contributed by atoms with Crippen LogP contribution in [0.2, 0.25) is 5.02 Å². The Bertz CT molecular complexity index is 1180. The van der Waals surface area contributed by atoms with E-state index in [2.05, 4.69) is 10.3 Å². The summed E-state index contributed by atoms with van der Waals surface area (Å²) >= 11 is 6.39. The molecule has 35 heavy (non-hydrogen) atoms. The van der Waals surface area contributed by atoms with Crippen molar-refractivity contribution < 1.29 is 14.3 Å². The summed E-state index contributed by atoms with van der Waals surface area (Å²) in [6.07, 6.45) is 7.52. The normalized spacial score (nSPS) is 13.6. The van der Waals surface area contributed by atoms with Crippen LogP contribution < -0.4 is 10.1 Å². The number of methoxy groups -OCH3 is 1. The van der Waals surface area contributed by atoms with E-state index in [1.54, 1.807) is 31.6 Å². The number of nitrogens with zero attached hydrogens (tertiary/aromatic N) is 5. The number of aromatic nitrogens is 4. The molecule has 0 saturated heterocycles. The Morgan fingerprint density at radius 1 is 1.17 bits per heavy atom. The predicted octanol–water partition coefficient (Wildman–Crippen LogP) is 3.58. The molecule has 1 fully saturated rings. The lowest BCUT2D eigenvalue weighted by Gasteiger charge is -2.29. The number of carbonyl (C=O) groups is 2. The lowest BCUT2D eigenvalue weighted by molar-refractivity contribution is -0.134. The van der Waals surface area contributed by atoms with Gasteiger partial charge in [-0.25, -0.2) is 9.67 Å². The number of hydrogen-bond donors (Lipinski definition) is 1. The topological polar surface area (TPSA) is 102 Å². The molecule has 2 amide bonds. The molecule has 0 aliphatic heterocycles. The molecular weight excluding hydrogens is 468 g/mol. The van der Waals surface area contributed by atoms with E-state index in [0.29, 0.717) is 35.5 Å². The summed E-state index contributed by atoms with van der Waals surface area (Å²) in [6, 6.07) is 9.35. The highest BCUT2D eigenvalue weighted by Crippen LogP contribution is 2.31. The second-order valence-electron chi connectivity index (χ2n) is 8.50. The van der Waals surface area contributed by atoms with Crippen LogP contribution in [0.1, 0.15) is 32.6 Å². The van der Waals surface area contributed by atoms with Gasteiger partial charge < -0.3 is 15.0 Å². The summed E-state index contributed by atoms with van der Waals surface area (Å²) in [6.45, 7) is 2.31. The quantitative estimate of drug-likeness (QED) is 0.486. The maximum Gasteiger partial charge on any atom is 0.242 e. The molecule has 10 heteroatoms. The molecule has 184 valence electrons. The fourth-order valence-corrected chi connectivity index (χ4v) is 4.63. The highest BCUT2D eigenvalue weighted by Gasteiger charge is 2.27. The van der Waals surface area contributed by atoms with E-state index in [-0.39, 0.29) is 24.4 Å². The molecular formula is C25H29ClN6O3. The van der Waals surface area contributed by atoms with Gasteiger partial charge in [0.15, 0.2) is 11.6 Å². The fraction of sp³-hybridized carbons (Fsp3) is 0.400. The van der Waals surface area contributed by atoms with Crippen LogP contribution in [0.25, 0.3) is 22.8 Å². The molecule has 1 aliphatic carbocycles. The van der Waals surface area contributed by atoms with Gasteiger partial charge in [-0.05, 0) is 43.2 Å². The zero-order valence-electron chi connectivity index (χ0n) is 19.9. The predicted molar refractivity (Wildman–Crippen MR) is 133 cm³/mol. The minimum atomic E-state index is -0.221. The van der Waals surface area contributed by atoms with Crippen molar-refractivity contribution in [3.8, 4) is 28.5 Å². The Kier molecular flexibility index (Phi) is 7.97. The van der Waals surface area contributed by atoms with Crippen molar-refractivity contribution in [2.24, 2.45) is 0 Å². The Morgan fingerprint density at radius 2 is 1.91 bits per heavy atom. The highest BCUT2D eigenvalue weighted by atomic mass is 35.5. The summed E-state index contributed by atoms with van der Waals surface area (Å²) in [5, 5.41) is 7.86. The second kappa shape index (κ2) is 11.3. The van der Waals surface area contributed by atoms with Crippen molar-refractivity contribution in [1.82, 2.24) is 30.0 Å². The number of amides is 2. The fourth-order valence-electron chi connectivity index (χ4n) is 4.37. The van der Waals surface area contributed by atoms with Crippen LogP contribution in [0.15, 0.2) is 42.7 Å². The first-order valence-electron chi connectivity index (χ1n) is 11.7. The first-order valence-corrected chi connectivity index (χ1v) is 12.1. The largest absolute Gasteiger partial charge is 0.495 e. The van der Waals surface area contributed by atoms with Crippen LogP contribution >= 0.6 is 11.6 Å². The summed E-state index contributed by atoms with van der Waals surface area (Å²) in [5.41, 5.74) is 1.63. The van der Waals surface area contributed by atoms with E-state index < -0.39 is 0 Å². The highest BCUT2D eigenvalue weighted by molar-refractivity contribution is 6.32. The van der Waals surface area contributed by atoms with E-state index >= 15 is 0 Å². The van der Waals surface area contributed by atoms with Gasteiger partial charge in [0.25, 0.3) is 0 Å². The minimum absolute atomic E-state index is 0.00754. The van der Waals surface area contributed by atoms with Gasteiger partial charge in [-0.15, -0.1) is 0 Å². The molecule has 9 nitrogen and oxygen atoms in total. The first kappa shape index (κ1) is 24.7. The average molecular weight is 497 g/mol. The van der Waals surface area contributed by atoms with E-state index in [4.69, 9.17) is 26.4 Å². The van der Waals surface area contributed by atoms with Crippen molar-refractivity contribution >= 4 is 23.4 Å². The smallest absolute Gasteiger partial charge is 0.242 e. The lowest BCUT2D eigenvalue weighted by atomic mass is 10.2. The number of hydrogen-bond acceptors (Lipinski definition) is 6. The molecule has 4 rings (SSSR count). The van der Waals surface area contributed by atoms with E-state index in [9.17, 15) is 9.59 Å². The molecule has 0 spiro atoms. The van der Waals surface area contributed by atoms with Gasteiger partial charge in [-0.3, -0.25) is 14.6 Å². The summed E-state index contributed by atoms with van der Waals surface area (Å²) in [7, 11) is 1.57. The summed E-state index contributed by atoms with van der Waals surface area (Å²) in [5.74, 6) is 1.47. The number of rotatable bonds is 9. The van der Waals surface area contributed by atoms with Gasteiger partial charge in [-0.1, -0.05) is 24.4 Å². The zero-order valence-corrected chi connectivity index (χ0v) is 20.7. The van der Waals surface area contributed by atoms with Crippen molar-refractivity contribution in [1.29, 1.82) is 0 Å². The molecule has 0 atom stereocenters. The standard InChI is InChI=1S/C25H29ClN6O3/c1-17(33)28-16-23(34)31(20-5-3-4-6-20)13-14-32-25(19-7-8-22(35-2)21(26)15-19)29-24(30-32)18-9-11-27-12-10-18/h7-12,15,20H,3-6,13-14,16H2,1-2H3,(H,28,33). The van der Waals surface area contributed by atoms with Crippen molar-refractivity contribution in [2.75, 3.05) is 20.2 Å². The molecule has 1 aromatic carbocycles. The van der Waals surface area contributed by atoms with E-state index in [1.165, 1.54) is 6.92 Å². The molecule has 1 N–H and O–H groups in total. The summed E-state index contributed by atoms with van der Waals surface area (Å²) < 4.78 is 7.09. The maximum atomic E-state index is 13.0. The Morgan fingerprint density at radius 3 is 2.57 bits per heavy atom. The van der Waals surface area contributed by atoms with Gasteiger partial charge in [0.1, 0.15) is 5.75 Å². The molecule has 3 aromatic rings. The number of ether oxygens (including phenoxy) is 1. The third-order valence-electron chi connectivity index (χ3n) is 6.15. The molecule has 0 bridgehead atoms. The number of pyridine rings is 1. The van der Waals surface area contributed by atoms with Gasteiger partial charge >= 0.3 is 0 Å². The Balaban J connectivity index is 1.63. The number of carbonyl (C=O) groups excluding carboxylic acids is 2. The number of benzene rings is 1. The number of nitrogens with one attached hydrogen (secondary N) is 1. The lowest BCUT2D eigenvalue weighted by Crippen LogP contribution is -2.45. The van der Waals surface area contributed by atoms with Gasteiger partial charge in [0.2, 0.25) is 11.8 Å². The van der Waals surface area contributed by atoms with Crippen molar-refractivity contribution in [3.05, 3.63) is 47.7 Å². The minimum Gasteiger partial charge on any atom is -0.495 e. The second-order valence-corrected chi connectivity index (χ2v) is 8.91. The van der Waals surface area contributed by atoms with Crippen LogP contribution in [0, 0.1) is 0 Å². The first-order chi connectivity index (χ1) is 17.0. The molecule has 1 aliphatic rings. The van der Waals surface area contributed by atoms with Gasteiger partial charge in [0, 0.05) is 43.0 Å². The molecule has 0 radical (unpaired) electrons. The van der Waals surface area contributed by atoms with Crippen LogP contribution in [-0.4, -0.2) is 62.7 Å². The van der Waals surface area contributed by atoms with Crippen molar-refractivity contribution in [2.45, 2.75) is 45.2 Å². The monoisotopic (exact) mass is 496 g/mol. The third-order valence-corrected chi connectivity index (χ3v) is 6.44. The van der Waals surface area contributed by atoms with Crippen LogP contribution in [0.5, 0.6) is 5.75 Å². The average Bonchev–Trinajstić information content (AvgIpc) is 3.54. The van der Waals surface area contributed by atoms with Gasteiger partial charge in [-0.2, -0.15) is 5.10 Å². The Hall–Kier alpha value is -3.46. The third kappa shape index (κ3) is 5.97. The van der Waals surface area contributed by atoms with Crippen molar-refractivity contribution in [3.63, 3.8) is 0 Å². The zero-order chi connectivity index (χ0) is 24.8. The maximum absolute atomic E-state index is 13.0. The molecule has 2 heterocycles. The summed E-state index contributed by atoms with van der Waals surface area (Å²) in [4.78, 5) is 35.1. The van der Waals surface area contributed by atoms with E-state index in [1.807, 2.05) is 27.8 Å². The van der Waals surface area contributed by atoms with Gasteiger partial charge in [0.05, 0.1) is 25.2 Å². The SMILES string of the molecule is COc1ccc(-c2nc(-c3ccncc3)nn2CCN(C(=O)CNC(C)=O)C2CCCC2)cc1Cl. The van der Waals surface area contributed by atoms with Crippen LogP contribution in [-0.2, 0) is 16.1 Å². The van der Waals surface area contributed by atoms with Crippen LogP contribution in [0.4, 0.5) is 0 Å². The molecule has 0 unspecified atom stereocenters.